The van der Waals surface area contributed by atoms with Crippen LogP contribution in [0.4, 0.5) is 5.69 Å². The van der Waals surface area contributed by atoms with Crippen molar-refractivity contribution in [2.75, 3.05) is 0 Å². The van der Waals surface area contributed by atoms with Gasteiger partial charge in [0, 0.05) is 10.4 Å². The van der Waals surface area contributed by atoms with Crippen molar-refractivity contribution >= 4 is 57.1 Å². The highest BCUT2D eigenvalue weighted by Gasteiger charge is 2.14. The van der Waals surface area contributed by atoms with Crippen LogP contribution in [0.2, 0.25) is 10.0 Å². The molecule has 0 aliphatic carbocycles. The van der Waals surface area contributed by atoms with Crippen LogP contribution >= 0.6 is 35.4 Å². The van der Waals surface area contributed by atoms with Gasteiger partial charge in [0.05, 0.1) is 10.5 Å². The molecule has 1 aromatic carbocycles. The smallest absolute Gasteiger partial charge is 0.227 e. The van der Waals surface area contributed by atoms with E-state index in [9.17, 15) is 5.11 Å². The minimum absolute atomic E-state index is 0.0168. The van der Waals surface area contributed by atoms with E-state index in [-0.39, 0.29) is 16.7 Å². The van der Waals surface area contributed by atoms with E-state index in [0.717, 1.165) is 0 Å². The molecule has 1 aromatic heterocycles. The first-order valence-electron chi connectivity index (χ1n) is 4.65. The van der Waals surface area contributed by atoms with Gasteiger partial charge in [-0.3, -0.25) is 5.43 Å². The molecule has 0 aliphatic rings. The van der Waals surface area contributed by atoms with Crippen LogP contribution in [-0.4, -0.2) is 15.2 Å². The van der Waals surface area contributed by atoms with Crippen LogP contribution in [-0.2, 0) is 0 Å². The maximum Gasteiger partial charge on any atom is 0.227 e. The summed E-state index contributed by atoms with van der Waals surface area (Å²) in [6.07, 6.45) is 0. The number of H-pyrrole nitrogens is 1. The van der Waals surface area contributed by atoms with Crippen LogP contribution in [0, 0.1) is 0 Å². The van der Waals surface area contributed by atoms with Crippen LogP contribution in [0.5, 0.6) is 5.88 Å². The third kappa shape index (κ3) is 2.39. The summed E-state index contributed by atoms with van der Waals surface area (Å²) in [5.41, 5.74) is 2.84. The third-order valence-electron chi connectivity index (χ3n) is 2.14. The van der Waals surface area contributed by atoms with Gasteiger partial charge in [0.1, 0.15) is 0 Å². The SMILES string of the molecule is NNC(=S)N=Nc1c(O)[nH]c2c(Cl)cc(Cl)cc12. The first-order chi connectivity index (χ1) is 8.52. The maximum atomic E-state index is 9.73. The van der Waals surface area contributed by atoms with Crippen molar-refractivity contribution in [2.24, 2.45) is 16.1 Å². The minimum Gasteiger partial charge on any atom is -0.493 e. The molecule has 1 heterocycles. The van der Waals surface area contributed by atoms with E-state index in [1.807, 2.05) is 0 Å². The van der Waals surface area contributed by atoms with Crippen molar-refractivity contribution in [3.63, 3.8) is 0 Å². The lowest BCUT2D eigenvalue weighted by molar-refractivity contribution is 0.459. The number of aromatic nitrogens is 1. The molecule has 0 aliphatic heterocycles. The van der Waals surface area contributed by atoms with E-state index >= 15 is 0 Å². The van der Waals surface area contributed by atoms with Gasteiger partial charge in [-0.1, -0.05) is 23.2 Å². The number of hydrogen-bond donors (Lipinski definition) is 4. The summed E-state index contributed by atoms with van der Waals surface area (Å²) in [4.78, 5) is 2.68. The number of rotatable bonds is 1. The second-order valence-electron chi connectivity index (χ2n) is 3.28. The predicted molar refractivity (Wildman–Crippen MR) is 74.4 cm³/mol. The fourth-order valence-electron chi connectivity index (χ4n) is 1.42. The van der Waals surface area contributed by atoms with Gasteiger partial charge in [0.15, 0.2) is 5.69 Å². The number of hydrazine groups is 1. The molecule has 0 fully saturated rings. The van der Waals surface area contributed by atoms with E-state index in [2.05, 4.69) is 20.6 Å². The largest absolute Gasteiger partial charge is 0.493 e. The van der Waals surface area contributed by atoms with Crippen LogP contribution in [0.1, 0.15) is 0 Å². The molecule has 0 unspecified atom stereocenters. The van der Waals surface area contributed by atoms with Crippen molar-refractivity contribution in [1.82, 2.24) is 10.4 Å². The molecule has 6 nitrogen and oxygen atoms in total. The first kappa shape index (κ1) is 13.0. The molecule has 2 rings (SSSR count). The number of azo groups is 1. The highest BCUT2D eigenvalue weighted by Crippen LogP contribution is 2.40. The molecule has 0 radical (unpaired) electrons. The van der Waals surface area contributed by atoms with Gasteiger partial charge >= 0.3 is 0 Å². The molecule has 94 valence electrons. The third-order valence-corrected chi connectivity index (χ3v) is 2.86. The van der Waals surface area contributed by atoms with E-state index in [1.165, 1.54) is 0 Å². The number of aromatic hydroxyl groups is 1. The lowest BCUT2D eigenvalue weighted by Crippen LogP contribution is -2.26. The number of benzene rings is 1. The zero-order valence-electron chi connectivity index (χ0n) is 8.74. The molecular weight excluding hydrogens is 297 g/mol. The summed E-state index contributed by atoms with van der Waals surface area (Å²) in [6.45, 7) is 0. The molecule has 5 N–H and O–H groups in total. The summed E-state index contributed by atoms with van der Waals surface area (Å²) < 4.78 is 0. The van der Waals surface area contributed by atoms with Crippen LogP contribution in [0.25, 0.3) is 10.9 Å². The van der Waals surface area contributed by atoms with E-state index in [1.54, 1.807) is 12.1 Å². The van der Waals surface area contributed by atoms with Gasteiger partial charge in [-0.25, -0.2) is 5.84 Å². The van der Waals surface area contributed by atoms with Crippen LogP contribution in [0.15, 0.2) is 22.4 Å². The van der Waals surface area contributed by atoms with Crippen molar-refractivity contribution in [3.8, 4) is 5.88 Å². The van der Waals surface area contributed by atoms with Gasteiger partial charge < -0.3 is 10.1 Å². The van der Waals surface area contributed by atoms with Gasteiger partial charge in [0.2, 0.25) is 11.0 Å². The fourth-order valence-corrected chi connectivity index (χ4v) is 2.00. The summed E-state index contributed by atoms with van der Waals surface area (Å²) in [5, 5.41) is 18.4. The van der Waals surface area contributed by atoms with E-state index < -0.39 is 0 Å². The molecule has 2 aromatic rings. The Labute approximate surface area is 117 Å². The summed E-state index contributed by atoms with van der Waals surface area (Å²) in [6, 6.07) is 3.15. The lowest BCUT2D eigenvalue weighted by atomic mass is 10.2. The normalized spacial score (nSPS) is 11.3. The highest BCUT2D eigenvalue weighted by atomic mass is 35.5. The predicted octanol–water partition coefficient (Wildman–Crippen LogP) is 3.01. The van der Waals surface area contributed by atoms with E-state index in [4.69, 9.17) is 41.3 Å². The Hall–Kier alpha value is -1.41. The molecular formula is C9H7Cl2N5OS. The van der Waals surface area contributed by atoms with Crippen molar-refractivity contribution < 1.29 is 5.11 Å². The molecule has 9 heteroatoms. The quantitative estimate of drug-likeness (QED) is 0.282. The standard InChI is InChI=1S/C9H7Cl2N5OS/c10-3-1-4-6(5(11)2-3)13-8(17)7(4)15-16-9(18)14-12/h1-2,13,17H,12H2,(H,14,18). The number of nitrogens with zero attached hydrogens (tertiary/aromatic N) is 2. The fraction of sp³-hybridized carbons (Fsp3) is 0. The Kier molecular flexibility index (Phi) is 3.67. The Morgan fingerprint density at radius 3 is 2.83 bits per heavy atom. The summed E-state index contributed by atoms with van der Waals surface area (Å²) in [7, 11) is 0. The average molecular weight is 304 g/mol. The average Bonchev–Trinajstić information content (AvgIpc) is 2.63. The number of thiocarbonyl (C=S) groups is 1. The van der Waals surface area contributed by atoms with Crippen LogP contribution < -0.4 is 11.3 Å². The van der Waals surface area contributed by atoms with Crippen LogP contribution in [0.3, 0.4) is 0 Å². The number of aromatic amines is 1. The highest BCUT2D eigenvalue weighted by molar-refractivity contribution is 7.80. The Morgan fingerprint density at radius 2 is 2.17 bits per heavy atom. The van der Waals surface area contributed by atoms with Gasteiger partial charge in [-0.05, 0) is 24.4 Å². The summed E-state index contributed by atoms with van der Waals surface area (Å²) in [5.74, 6) is 4.87. The molecule has 0 saturated heterocycles. The number of halogens is 2. The lowest BCUT2D eigenvalue weighted by Gasteiger charge is -1.96. The van der Waals surface area contributed by atoms with Gasteiger partial charge in [-0.2, -0.15) is 0 Å². The van der Waals surface area contributed by atoms with Gasteiger partial charge in [0.25, 0.3) is 0 Å². The number of hydrogen-bond acceptors (Lipinski definition) is 4. The zero-order valence-corrected chi connectivity index (χ0v) is 11.1. The van der Waals surface area contributed by atoms with Crippen molar-refractivity contribution in [1.29, 1.82) is 0 Å². The molecule has 0 amide bonds. The van der Waals surface area contributed by atoms with E-state index in [0.29, 0.717) is 20.9 Å². The second kappa shape index (κ2) is 5.07. The number of nitrogens with one attached hydrogen (secondary N) is 2. The first-order valence-corrected chi connectivity index (χ1v) is 5.81. The topological polar surface area (TPSA) is 98.8 Å². The second-order valence-corrected chi connectivity index (χ2v) is 4.51. The van der Waals surface area contributed by atoms with Crippen molar-refractivity contribution in [2.45, 2.75) is 0 Å². The molecule has 0 spiro atoms. The minimum atomic E-state index is -0.183. The maximum absolute atomic E-state index is 9.73. The molecule has 0 bridgehead atoms. The Bertz CT molecular complexity index is 654. The monoisotopic (exact) mass is 303 g/mol. The molecule has 18 heavy (non-hydrogen) atoms. The van der Waals surface area contributed by atoms with Crippen molar-refractivity contribution in [3.05, 3.63) is 22.2 Å². The molecule has 0 saturated carbocycles. The van der Waals surface area contributed by atoms with Gasteiger partial charge in [-0.15, -0.1) is 10.2 Å². The molecule has 0 atom stereocenters. The zero-order chi connectivity index (χ0) is 13.3. The Balaban J connectivity index is 2.60. The Morgan fingerprint density at radius 1 is 1.44 bits per heavy atom. The number of nitrogens with two attached hydrogens (primary N) is 1. The summed E-state index contributed by atoms with van der Waals surface area (Å²) >= 11 is 16.6. The number of fused-ring (bicyclic) bond motifs is 1.